The van der Waals surface area contributed by atoms with Crippen molar-refractivity contribution in [3.8, 4) is 0 Å². The van der Waals surface area contributed by atoms with Crippen molar-refractivity contribution >= 4 is 16.8 Å². The summed E-state index contributed by atoms with van der Waals surface area (Å²) in [4.78, 5) is 19.6. The van der Waals surface area contributed by atoms with Crippen LogP contribution in [0.3, 0.4) is 0 Å². The Labute approximate surface area is 171 Å². The van der Waals surface area contributed by atoms with E-state index in [1.165, 1.54) is 49.9 Å². The van der Waals surface area contributed by atoms with Gasteiger partial charge in [0.15, 0.2) is 0 Å². The number of nitrogens with one attached hydrogen (secondary N) is 2. The zero-order chi connectivity index (χ0) is 19.6. The van der Waals surface area contributed by atoms with Crippen molar-refractivity contribution < 1.29 is 9.69 Å². The van der Waals surface area contributed by atoms with E-state index in [2.05, 4.69) is 29.6 Å². The Kier molecular flexibility index (Phi) is 5.03. The minimum Gasteiger partial charge on any atom is -0.348 e. The van der Waals surface area contributed by atoms with Crippen molar-refractivity contribution in [2.75, 3.05) is 13.1 Å². The lowest BCUT2D eigenvalue weighted by Gasteiger charge is -2.16. The monoisotopic (exact) mass is 386 g/mol. The highest BCUT2D eigenvalue weighted by atomic mass is 16.1. The summed E-state index contributed by atoms with van der Waals surface area (Å²) in [6.45, 7) is 4.13. The van der Waals surface area contributed by atoms with E-state index < -0.39 is 0 Å². The van der Waals surface area contributed by atoms with Gasteiger partial charge in [-0.1, -0.05) is 42.5 Å². The Balaban J connectivity index is 1.36. The average molecular weight is 387 g/mol. The summed E-state index contributed by atoms with van der Waals surface area (Å²) in [5, 5.41) is 4.12. The third-order valence-corrected chi connectivity index (χ3v) is 6.29. The molecule has 1 saturated heterocycles. The van der Waals surface area contributed by atoms with Crippen LogP contribution in [-0.2, 0) is 13.1 Å². The maximum Gasteiger partial charge on any atom is 0.252 e. The van der Waals surface area contributed by atoms with E-state index in [0.29, 0.717) is 12.5 Å². The molecule has 2 N–H and O–H groups in total. The molecule has 0 spiro atoms. The van der Waals surface area contributed by atoms with E-state index in [1.807, 2.05) is 30.3 Å². The van der Waals surface area contributed by atoms with E-state index >= 15 is 0 Å². The van der Waals surface area contributed by atoms with Gasteiger partial charge < -0.3 is 10.2 Å². The van der Waals surface area contributed by atoms with E-state index in [4.69, 9.17) is 4.98 Å². The number of benzene rings is 2. The molecule has 2 aliphatic rings. The van der Waals surface area contributed by atoms with Gasteiger partial charge in [0.25, 0.3) is 5.91 Å². The molecule has 2 fully saturated rings. The first-order valence-electron chi connectivity index (χ1n) is 10.9. The second-order valence-electron chi connectivity index (χ2n) is 8.47. The van der Waals surface area contributed by atoms with Gasteiger partial charge in [-0.2, -0.15) is 0 Å². The van der Waals surface area contributed by atoms with Crippen LogP contribution < -0.4 is 10.2 Å². The molecule has 1 amide bonds. The summed E-state index contributed by atoms with van der Waals surface area (Å²) < 4.78 is 0. The molecule has 148 valence electrons. The normalized spacial score (nSPS) is 17.0. The first-order valence-corrected chi connectivity index (χ1v) is 10.9. The van der Waals surface area contributed by atoms with Crippen LogP contribution >= 0.6 is 0 Å². The lowest BCUT2D eigenvalue weighted by Crippen LogP contribution is -3.08. The molecule has 29 heavy (non-hydrogen) atoms. The highest BCUT2D eigenvalue weighted by Crippen LogP contribution is 2.40. The number of carbonyl (C=O) groups is 1. The van der Waals surface area contributed by atoms with Gasteiger partial charge in [-0.25, -0.2) is 0 Å². The van der Waals surface area contributed by atoms with Gasteiger partial charge >= 0.3 is 0 Å². The Hall–Kier alpha value is -2.72. The molecular formula is C25H28N3O+. The average Bonchev–Trinajstić information content (AvgIpc) is 3.49. The second kappa shape index (κ2) is 7.96. The Morgan fingerprint density at radius 1 is 1.00 bits per heavy atom. The van der Waals surface area contributed by atoms with Crippen molar-refractivity contribution in [2.24, 2.45) is 0 Å². The molecule has 0 atom stereocenters. The fourth-order valence-electron chi connectivity index (χ4n) is 4.47. The van der Waals surface area contributed by atoms with Crippen LogP contribution in [0.4, 0.5) is 0 Å². The molecular weight excluding hydrogens is 358 g/mol. The fourth-order valence-corrected chi connectivity index (χ4v) is 4.47. The topological polar surface area (TPSA) is 46.4 Å². The fraction of sp³-hybridized carbons (Fsp3) is 0.360. The molecule has 3 aromatic rings. The highest BCUT2D eigenvalue weighted by Gasteiger charge is 2.27. The number of likely N-dealkylation sites (tertiary alicyclic amines) is 1. The largest absolute Gasteiger partial charge is 0.348 e. The first-order chi connectivity index (χ1) is 14.3. The molecule has 4 nitrogen and oxygen atoms in total. The number of hydrogen-bond acceptors (Lipinski definition) is 2. The van der Waals surface area contributed by atoms with Gasteiger partial charge in [0.2, 0.25) is 0 Å². The minimum absolute atomic E-state index is 0.00572. The summed E-state index contributed by atoms with van der Waals surface area (Å²) >= 11 is 0. The molecule has 1 aliphatic heterocycles. The summed E-state index contributed by atoms with van der Waals surface area (Å²) in [6, 6.07) is 18.5. The van der Waals surface area contributed by atoms with Crippen LogP contribution in [0, 0.1) is 0 Å². The molecule has 2 aromatic carbocycles. The molecule has 5 rings (SSSR count). The van der Waals surface area contributed by atoms with Crippen LogP contribution in [0.25, 0.3) is 10.9 Å². The van der Waals surface area contributed by atoms with Gasteiger partial charge in [0.05, 0.1) is 24.2 Å². The van der Waals surface area contributed by atoms with E-state index in [9.17, 15) is 4.79 Å². The van der Waals surface area contributed by atoms with Crippen LogP contribution in [0.5, 0.6) is 0 Å². The number of quaternary nitrogens is 1. The predicted octanol–water partition coefficient (Wildman–Crippen LogP) is 3.22. The van der Waals surface area contributed by atoms with Crippen LogP contribution in [0.15, 0.2) is 54.6 Å². The summed E-state index contributed by atoms with van der Waals surface area (Å²) in [6.07, 6.45) is 5.01. The molecule has 0 bridgehead atoms. The van der Waals surface area contributed by atoms with Crippen molar-refractivity contribution in [3.05, 3.63) is 77.0 Å². The Morgan fingerprint density at radius 2 is 1.72 bits per heavy atom. The molecule has 1 aromatic heterocycles. The number of amides is 1. The first kappa shape index (κ1) is 18.3. The maximum absolute atomic E-state index is 13.1. The zero-order valence-corrected chi connectivity index (χ0v) is 16.8. The Bertz CT molecular complexity index is 1040. The lowest BCUT2D eigenvalue weighted by molar-refractivity contribution is -0.901. The number of aromatic nitrogens is 1. The predicted molar refractivity (Wildman–Crippen MR) is 115 cm³/mol. The van der Waals surface area contributed by atoms with Crippen LogP contribution in [0.2, 0.25) is 0 Å². The smallest absolute Gasteiger partial charge is 0.252 e. The second-order valence-corrected chi connectivity index (χ2v) is 8.47. The zero-order valence-electron chi connectivity index (χ0n) is 16.8. The lowest BCUT2D eigenvalue weighted by atomic mass is 10.0. The highest BCUT2D eigenvalue weighted by molar-refractivity contribution is 6.06. The third kappa shape index (κ3) is 4.03. The number of para-hydroxylation sites is 1. The number of nitrogens with zero attached hydrogens (tertiary/aromatic N) is 1. The standard InChI is InChI=1S/C25H27N3O/c29-25(22-15-24(18-11-12-18)27-23-10-4-3-9-21(22)23)26-16-19-7-1-2-8-20(19)17-28-13-5-6-14-28/h1-4,7-10,15,18H,5-6,11-14,16-17H2,(H,26,29)/p+1. The Morgan fingerprint density at radius 3 is 2.52 bits per heavy atom. The van der Waals surface area contributed by atoms with Gasteiger partial charge in [0.1, 0.15) is 6.54 Å². The van der Waals surface area contributed by atoms with E-state index in [1.54, 1.807) is 4.90 Å². The maximum atomic E-state index is 13.1. The molecule has 4 heteroatoms. The summed E-state index contributed by atoms with van der Waals surface area (Å²) in [5.74, 6) is 0.518. The SMILES string of the molecule is O=C(NCc1ccccc1C[NH+]1CCCC1)c1cc(C2CC2)nc2ccccc12. The molecule has 1 aliphatic carbocycles. The molecule has 1 saturated carbocycles. The van der Waals surface area contributed by atoms with Crippen molar-refractivity contribution in [1.29, 1.82) is 0 Å². The quantitative estimate of drug-likeness (QED) is 0.683. The number of rotatable bonds is 6. The number of hydrogen-bond donors (Lipinski definition) is 2. The van der Waals surface area contributed by atoms with Gasteiger partial charge in [-0.05, 0) is 30.5 Å². The van der Waals surface area contributed by atoms with Gasteiger partial charge in [-0.3, -0.25) is 9.78 Å². The van der Waals surface area contributed by atoms with Crippen molar-refractivity contribution in [1.82, 2.24) is 10.3 Å². The molecule has 0 radical (unpaired) electrons. The summed E-state index contributed by atoms with van der Waals surface area (Å²) in [7, 11) is 0. The molecule has 2 heterocycles. The molecule has 0 unspecified atom stereocenters. The number of pyridine rings is 1. The third-order valence-electron chi connectivity index (χ3n) is 6.29. The van der Waals surface area contributed by atoms with Crippen LogP contribution in [0.1, 0.15) is 58.8 Å². The van der Waals surface area contributed by atoms with Crippen molar-refractivity contribution in [2.45, 2.75) is 44.7 Å². The van der Waals surface area contributed by atoms with Gasteiger partial charge in [0, 0.05) is 41.9 Å². The van der Waals surface area contributed by atoms with Crippen molar-refractivity contribution in [3.63, 3.8) is 0 Å². The van der Waals surface area contributed by atoms with Crippen LogP contribution in [-0.4, -0.2) is 24.0 Å². The number of carbonyl (C=O) groups excluding carboxylic acids is 1. The van der Waals surface area contributed by atoms with E-state index in [-0.39, 0.29) is 5.91 Å². The summed E-state index contributed by atoms with van der Waals surface area (Å²) in [5.41, 5.74) is 5.30. The van der Waals surface area contributed by atoms with Gasteiger partial charge in [-0.15, -0.1) is 0 Å². The van der Waals surface area contributed by atoms with E-state index in [0.717, 1.165) is 28.7 Å². The minimum atomic E-state index is -0.00572. The number of fused-ring (bicyclic) bond motifs is 1.